The van der Waals surface area contributed by atoms with Crippen molar-refractivity contribution < 1.29 is 19.0 Å². The highest BCUT2D eigenvalue weighted by Crippen LogP contribution is 2.56. The molecule has 0 radical (unpaired) electrons. The van der Waals surface area contributed by atoms with Crippen LogP contribution in [0.15, 0.2) is 91.0 Å². The lowest BCUT2D eigenvalue weighted by Gasteiger charge is -2.50. The van der Waals surface area contributed by atoms with Crippen molar-refractivity contribution in [2.24, 2.45) is 5.41 Å². The number of ether oxygens (including phenoxy) is 3. The SMILES string of the molecule is CCC1(COC(=O)c2ccccc2)COC2(CC(c3ccccc3)SC(c3ccccc3)C2)OC1. The Hall–Kier alpha value is -2.60. The Labute approximate surface area is 212 Å². The molecule has 0 amide bonds. The van der Waals surface area contributed by atoms with E-state index in [0.717, 1.165) is 19.3 Å². The van der Waals surface area contributed by atoms with Crippen LogP contribution in [-0.4, -0.2) is 31.6 Å². The van der Waals surface area contributed by atoms with Crippen LogP contribution < -0.4 is 0 Å². The van der Waals surface area contributed by atoms with Gasteiger partial charge in [0, 0.05) is 23.3 Å². The topological polar surface area (TPSA) is 44.8 Å². The van der Waals surface area contributed by atoms with Crippen LogP contribution in [0.5, 0.6) is 0 Å². The summed E-state index contributed by atoms with van der Waals surface area (Å²) >= 11 is 1.99. The summed E-state index contributed by atoms with van der Waals surface area (Å²) in [6.45, 7) is 3.42. The van der Waals surface area contributed by atoms with Gasteiger partial charge in [-0.2, -0.15) is 0 Å². The molecule has 2 heterocycles. The average Bonchev–Trinajstić information content (AvgIpc) is 2.94. The number of thioether (sulfide) groups is 1. The van der Waals surface area contributed by atoms with Crippen LogP contribution in [0, 0.1) is 5.41 Å². The second kappa shape index (κ2) is 10.6. The molecule has 182 valence electrons. The van der Waals surface area contributed by atoms with Crippen molar-refractivity contribution in [3.05, 3.63) is 108 Å². The number of benzene rings is 3. The Morgan fingerprint density at radius 3 is 1.80 bits per heavy atom. The van der Waals surface area contributed by atoms with Crippen molar-refractivity contribution in [1.29, 1.82) is 0 Å². The van der Waals surface area contributed by atoms with Gasteiger partial charge in [-0.15, -0.1) is 11.8 Å². The van der Waals surface area contributed by atoms with E-state index < -0.39 is 5.79 Å². The van der Waals surface area contributed by atoms with Crippen molar-refractivity contribution in [2.45, 2.75) is 42.5 Å². The Morgan fingerprint density at radius 1 is 0.829 bits per heavy atom. The lowest BCUT2D eigenvalue weighted by molar-refractivity contribution is -0.315. The molecule has 2 fully saturated rings. The first-order valence-corrected chi connectivity index (χ1v) is 13.3. The molecule has 0 saturated carbocycles. The number of hydrogen-bond acceptors (Lipinski definition) is 5. The van der Waals surface area contributed by atoms with Crippen molar-refractivity contribution in [2.75, 3.05) is 19.8 Å². The molecule has 0 aliphatic carbocycles. The van der Waals surface area contributed by atoms with Gasteiger partial charge in [0.1, 0.15) is 6.61 Å². The summed E-state index contributed by atoms with van der Waals surface area (Å²) in [6, 6.07) is 30.4. The molecular formula is C30H32O4S. The normalized spacial score (nSPS) is 28.5. The van der Waals surface area contributed by atoms with Crippen LogP contribution in [0.25, 0.3) is 0 Å². The van der Waals surface area contributed by atoms with E-state index in [2.05, 4.69) is 67.6 Å². The molecule has 2 aliphatic heterocycles. The number of carbonyl (C=O) groups excluding carboxylic acids is 1. The summed E-state index contributed by atoms with van der Waals surface area (Å²) in [7, 11) is 0. The van der Waals surface area contributed by atoms with Gasteiger partial charge in [0.2, 0.25) is 0 Å². The van der Waals surface area contributed by atoms with Gasteiger partial charge in [-0.1, -0.05) is 85.8 Å². The lowest BCUT2D eigenvalue weighted by Crippen LogP contribution is -2.53. The van der Waals surface area contributed by atoms with Crippen molar-refractivity contribution >= 4 is 17.7 Å². The first kappa shape index (κ1) is 24.1. The minimum absolute atomic E-state index is 0.278. The van der Waals surface area contributed by atoms with Gasteiger partial charge in [0.15, 0.2) is 5.79 Å². The summed E-state index contributed by atoms with van der Waals surface area (Å²) in [5.74, 6) is -0.949. The first-order valence-electron chi connectivity index (χ1n) is 12.4. The average molecular weight is 489 g/mol. The molecule has 2 atom stereocenters. The Kier molecular flexibility index (Phi) is 7.28. The van der Waals surface area contributed by atoms with Gasteiger partial charge >= 0.3 is 5.97 Å². The first-order chi connectivity index (χ1) is 17.1. The number of hydrogen-bond donors (Lipinski definition) is 0. The standard InChI is InChI=1S/C30H32O4S/c1-2-29(20-32-28(31)25-16-10-5-11-17-25)21-33-30(34-22-29)18-26(23-12-6-3-7-13-23)35-27(19-30)24-14-8-4-9-15-24/h3-17,26-27H,2,18-22H2,1H3. The molecule has 0 N–H and O–H groups in total. The quantitative estimate of drug-likeness (QED) is 0.350. The van der Waals surface area contributed by atoms with Gasteiger partial charge in [0.25, 0.3) is 0 Å². The molecule has 2 unspecified atom stereocenters. The minimum Gasteiger partial charge on any atom is -0.461 e. The Morgan fingerprint density at radius 2 is 1.31 bits per heavy atom. The van der Waals surface area contributed by atoms with Gasteiger partial charge in [-0.25, -0.2) is 4.79 Å². The van der Waals surface area contributed by atoms with Crippen LogP contribution >= 0.6 is 11.8 Å². The third-order valence-electron chi connectivity index (χ3n) is 7.22. The highest BCUT2D eigenvalue weighted by Gasteiger charge is 2.50. The van der Waals surface area contributed by atoms with E-state index in [1.165, 1.54) is 11.1 Å². The number of rotatable bonds is 6. The minimum atomic E-state index is -0.644. The fraction of sp³-hybridized carbons (Fsp3) is 0.367. The second-order valence-corrected chi connectivity index (χ2v) is 11.0. The maximum atomic E-state index is 12.5. The van der Waals surface area contributed by atoms with E-state index in [1.54, 1.807) is 12.1 Å². The van der Waals surface area contributed by atoms with Crippen LogP contribution in [0.1, 0.15) is 58.2 Å². The van der Waals surface area contributed by atoms with E-state index in [-0.39, 0.29) is 28.5 Å². The van der Waals surface area contributed by atoms with Crippen LogP contribution in [0.3, 0.4) is 0 Å². The third kappa shape index (κ3) is 5.48. The largest absolute Gasteiger partial charge is 0.461 e. The summed E-state index contributed by atoms with van der Waals surface area (Å²) in [5.41, 5.74) is 2.82. The fourth-order valence-corrected chi connectivity index (χ4v) is 6.55. The van der Waals surface area contributed by atoms with E-state index in [0.29, 0.717) is 18.8 Å². The molecule has 0 bridgehead atoms. The van der Waals surface area contributed by atoms with Gasteiger partial charge in [0.05, 0.1) is 24.2 Å². The van der Waals surface area contributed by atoms with Gasteiger partial charge in [-0.05, 0) is 29.7 Å². The molecule has 3 aromatic rings. The predicted octanol–water partition coefficient (Wildman–Crippen LogP) is 6.99. The monoisotopic (exact) mass is 488 g/mol. The summed E-state index contributed by atoms with van der Waals surface area (Å²) in [6.07, 6.45) is 2.41. The highest BCUT2D eigenvalue weighted by molar-refractivity contribution is 7.99. The molecule has 5 heteroatoms. The summed E-state index contributed by atoms with van der Waals surface area (Å²) in [5, 5.41) is 0.556. The lowest BCUT2D eigenvalue weighted by atomic mass is 9.85. The van der Waals surface area contributed by atoms with Gasteiger partial charge in [-0.3, -0.25) is 0 Å². The van der Waals surface area contributed by atoms with Gasteiger partial charge < -0.3 is 14.2 Å². The molecule has 1 spiro atoms. The molecule has 35 heavy (non-hydrogen) atoms. The zero-order valence-electron chi connectivity index (χ0n) is 20.1. The highest BCUT2D eigenvalue weighted by atomic mass is 32.2. The second-order valence-electron chi connectivity index (χ2n) is 9.63. The molecule has 3 aromatic carbocycles. The number of esters is 1. The summed E-state index contributed by atoms with van der Waals surface area (Å²) < 4.78 is 19.0. The molecule has 2 saturated heterocycles. The van der Waals surface area contributed by atoms with Crippen LogP contribution in [0.2, 0.25) is 0 Å². The van der Waals surface area contributed by atoms with Crippen LogP contribution in [0.4, 0.5) is 0 Å². The van der Waals surface area contributed by atoms with Crippen molar-refractivity contribution in [1.82, 2.24) is 0 Å². The predicted molar refractivity (Wildman–Crippen MR) is 139 cm³/mol. The smallest absolute Gasteiger partial charge is 0.338 e. The fourth-order valence-electron chi connectivity index (χ4n) is 4.82. The zero-order chi connectivity index (χ0) is 24.1. The summed E-state index contributed by atoms with van der Waals surface area (Å²) in [4.78, 5) is 12.5. The zero-order valence-corrected chi connectivity index (χ0v) is 20.9. The molecule has 4 nitrogen and oxygen atoms in total. The van der Waals surface area contributed by atoms with E-state index in [1.807, 2.05) is 30.0 Å². The van der Waals surface area contributed by atoms with E-state index >= 15 is 0 Å². The van der Waals surface area contributed by atoms with E-state index in [9.17, 15) is 4.79 Å². The Bertz CT molecular complexity index is 1050. The van der Waals surface area contributed by atoms with Crippen molar-refractivity contribution in [3.63, 3.8) is 0 Å². The third-order valence-corrected chi connectivity index (χ3v) is 8.75. The van der Waals surface area contributed by atoms with E-state index in [4.69, 9.17) is 14.2 Å². The molecular weight excluding hydrogens is 456 g/mol. The van der Waals surface area contributed by atoms with Crippen LogP contribution in [-0.2, 0) is 14.2 Å². The Balaban J connectivity index is 1.31. The van der Waals surface area contributed by atoms with Crippen molar-refractivity contribution in [3.8, 4) is 0 Å². The number of carbonyl (C=O) groups is 1. The molecule has 0 aromatic heterocycles. The molecule has 2 aliphatic rings. The maximum absolute atomic E-state index is 12.5. The maximum Gasteiger partial charge on any atom is 0.338 e. The molecule has 5 rings (SSSR count).